The summed E-state index contributed by atoms with van der Waals surface area (Å²) in [6.07, 6.45) is -4.43. The molecule has 0 unspecified atom stereocenters. The molecule has 0 aliphatic rings. The summed E-state index contributed by atoms with van der Waals surface area (Å²) in [6, 6.07) is 1.94. The summed E-state index contributed by atoms with van der Waals surface area (Å²) < 4.78 is 40.6. The molecule has 0 aliphatic heterocycles. The molecule has 0 radical (unpaired) electrons. The number of alkyl halides is 3. The Kier molecular flexibility index (Phi) is 4.07. The fourth-order valence-corrected chi connectivity index (χ4v) is 3.36. The average Bonchev–Trinajstić information content (AvgIpc) is 2.71. The van der Waals surface area contributed by atoms with E-state index < -0.39 is 25.3 Å². The van der Waals surface area contributed by atoms with E-state index in [1.54, 1.807) is 0 Å². The number of aromatic nitrogens is 1. The van der Waals surface area contributed by atoms with Crippen LogP contribution in [0.3, 0.4) is 0 Å². The summed E-state index contributed by atoms with van der Waals surface area (Å²) in [5, 5.41) is 2.77. The highest BCUT2D eigenvalue weighted by atomic mass is 32.1. The molecule has 0 saturated heterocycles. The Hall–Kier alpha value is -1.19. The molecule has 0 aliphatic carbocycles. The second-order valence-electron chi connectivity index (χ2n) is 3.70. The van der Waals surface area contributed by atoms with Crippen molar-refractivity contribution in [2.24, 2.45) is 0 Å². The van der Waals surface area contributed by atoms with E-state index >= 15 is 0 Å². The minimum Gasteiger partial charge on any atom is -0.362 e. The predicted molar refractivity (Wildman–Crippen MR) is 67.7 cm³/mol. The van der Waals surface area contributed by atoms with Gasteiger partial charge in [0.05, 0.1) is 4.70 Å². The third-order valence-corrected chi connectivity index (χ3v) is 3.95. The van der Waals surface area contributed by atoms with Crippen LogP contribution in [0.5, 0.6) is 0 Å². The lowest BCUT2D eigenvalue weighted by Crippen LogP contribution is -2.23. The molecule has 0 saturated carbocycles. The molecule has 2 aromatic rings. The van der Waals surface area contributed by atoms with Gasteiger partial charge in [0.25, 0.3) is 5.91 Å². The predicted octanol–water partition coefficient (Wildman–Crippen LogP) is 3.18. The van der Waals surface area contributed by atoms with Crippen molar-refractivity contribution in [3.05, 3.63) is 10.9 Å². The SMILES string of the molecule is Cc1cc2sc(NC(=O)COCC(F)(F)F)nc2s1. The van der Waals surface area contributed by atoms with Gasteiger partial charge in [0.15, 0.2) is 5.13 Å². The van der Waals surface area contributed by atoms with Crippen molar-refractivity contribution < 1.29 is 22.7 Å². The molecular weight excluding hydrogens is 301 g/mol. The van der Waals surface area contributed by atoms with Crippen molar-refractivity contribution in [2.75, 3.05) is 18.5 Å². The average molecular weight is 310 g/mol. The molecule has 0 aromatic carbocycles. The molecule has 19 heavy (non-hydrogen) atoms. The Balaban J connectivity index is 1.86. The number of thiazole rings is 1. The van der Waals surface area contributed by atoms with E-state index in [1.165, 1.54) is 22.7 Å². The summed E-state index contributed by atoms with van der Waals surface area (Å²) in [7, 11) is 0. The van der Waals surface area contributed by atoms with Gasteiger partial charge in [-0.15, -0.1) is 11.3 Å². The number of ether oxygens (including phenoxy) is 1. The zero-order valence-corrected chi connectivity index (χ0v) is 11.3. The van der Waals surface area contributed by atoms with Crippen LogP contribution in [0, 0.1) is 6.92 Å². The van der Waals surface area contributed by atoms with Gasteiger partial charge in [0, 0.05) is 4.88 Å². The van der Waals surface area contributed by atoms with Crippen molar-refractivity contribution in [1.29, 1.82) is 0 Å². The van der Waals surface area contributed by atoms with E-state index in [4.69, 9.17) is 0 Å². The lowest BCUT2D eigenvalue weighted by atomic mass is 10.5. The molecule has 0 atom stereocenters. The van der Waals surface area contributed by atoms with E-state index in [-0.39, 0.29) is 0 Å². The zero-order valence-electron chi connectivity index (χ0n) is 9.71. The van der Waals surface area contributed by atoms with Crippen LogP contribution in [0.2, 0.25) is 0 Å². The van der Waals surface area contributed by atoms with Gasteiger partial charge < -0.3 is 4.74 Å². The van der Waals surface area contributed by atoms with Crippen LogP contribution in [0.15, 0.2) is 6.07 Å². The van der Waals surface area contributed by atoms with Gasteiger partial charge in [-0.3, -0.25) is 10.1 Å². The van der Waals surface area contributed by atoms with Crippen LogP contribution < -0.4 is 5.32 Å². The van der Waals surface area contributed by atoms with Gasteiger partial charge in [0.1, 0.15) is 18.0 Å². The molecule has 2 heterocycles. The Morgan fingerprint density at radius 2 is 2.21 bits per heavy atom. The van der Waals surface area contributed by atoms with Crippen molar-refractivity contribution in [1.82, 2.24) is 4.98 Å². The highest BCUT2D eigenvalue weighted by Gasteiger charge is 2.27. The molecule has 0 fully saturated rings. The number of nitrogens with one attached hydrogen (secondary N) is 1. The lowest BCUT2D eigenvalue weighted by molar-refractivity contribution is -0.174. The van der Waals surface area contributed by atoms with Crippen LogP contribution in [-0.2, 0) is 9.53 Å². The molecular formula is C10H9F3N2O2S2. The number of aryl methyl sites for hydroxylation is 1. The highest BCUT2D eigenvalue weighted by molar-refractivity contribution is 7.29. The number of hydrogen-bond donors (Lipinski definition) is 1. The number of anilines is 1. The van der Waals surface area contributed by atoms with Gasteiger partial charge in [-0.2, -0.15) is 13.2 Å². The fraction of sp³-hybridized carbons (Fsp3) is 0.400. The van der Waals surface area contributed by atoms with Crippen molar-refractivity contribution in [3.63, 3.8) is 0 Å². The molecule has 1 amide bonds. The maximum atomic E-state index is 11.8. The normalized spacial score (nSPS) is 12.0. The maximum Gasteiger partial charge on any atom is 0.411 e. The number of hydrogen-bond acceptors (Lipinski definition) is 5. The van der Waals surface area contributed by atoms with Crippen molar-refractivity contribution in [2.45, 2.75) is 13.1 Å². The smallest absolute Gasteiger partial charge is 0.362 e. The Morgan fingerprint density at radius 3 is 2.84 bits per heavy atom. The lowest BCUT2D eigenvalue weighted by Gasteiger charge is -2.06. The van der Waals surface area contributed by atoms with E-state index in [2.05, 4.69) is 15.0 Å². The standard InChI is InChI=1S/C10H9F3N2O2S2/c1-5-2-6-8(18-5)15-9(19-6)14-7(16)3-17-4-10(11,12)13/h2H,3-4H2,1H3,(H,14,15,16). The number of carbonyl (C=O) groups is 1. The topological polar surface area (TPSA) is 51.2 Å². The second-order valence-corrected chi connectivity index (χ2v) is 5.97. The Bertz CT molecular complexity index is 560. The third kappa shape index (κ3) is 4.15. The van der Waals surface area contributed by atoms with Crippen LogP contribution in [0.25, 0.3) is 9.53 Å². The second kappa shape index (κ2) is 5.43. The van der Waals surface area contributed by atoms with Gasteiger partial charge in [0.2, 0.25) is 0 Å². The van der Waals surface area contributed by atoms with Gasteiger partial charge >= 0.3 is 6.18 Å². The number of thiophene rings is 1. The number of fused-ring (bicyclic) bond motifs is 1. The van der Waals surface area contributed by atoms with Crippen LogP contribution in [0.4, 0.5) is 18.3 Å². The minimum atomic E-state index is -4.43. The summed E-state index contributed by atoms with van der Waals surface area (Å²) in [4.78, 5) is 17.4. The summed E-state index contributed by atoms with van der Waals surface area (Å²) in [6.45, 7) is -0.138. The molecule has 0 spiro atoms. The Morgan fingerprint density at radius 1 is 1.47 bits per heavy atom. The van der Waals surface area contributed by atoms with Crippen molar-refractivity contribution in [3.8, 4) is 0 Å². The first kappa shape index (κ1) is 14.2. The van der Waals surface area contributed by atoms with Crippen molar-refractivity contribution >= 4 is 43.2 Å². The number of halogens is 3. The zero-order chi connectivity index (χ0) is 14.0. The molecule has 4 nitrogen and oxygen atoms in total. The van der Waals surface area contributed by atoms with Gasteiger partial charge in [-0.1, -0.05) is 11.3 Å². The van der Waals surface area contributed by atoms with Crippen LogP contribution >= 0.6 is 22.7 Å². The number of carbonyl (C=O) groups excluding carboxylic acids is 1. The number of rotatable bonds is 4. The molecule has 2 rings (SSSR count). The molecule has 2 aromatic heterocycles. The quantitative estimate of drug-likeness (QED) is 0.943. The highest BCUT2D eigenvalue weighted by Crippen LogP contribution is 2.32. The first-order chi connectivity index (χ1) is 8.83. The van der Waals surface area contributed by atoms with E-state index in [0.29, 0.717) is 5.13 Å². The molecule has 9 heteroatoms. The summed E-state index contributed by atoms with van der Waals surface area (Å²) in [5.41, 5.74) is 0. The first-order valence-corrected chi connectivity index (χ1v) is 6.78. The fourth-order valence-electron chi connectivity index (χ4n) is 1.32. The number of nitrogens with zero attached hydrogens (tertiary/aromatic N) is 1. The number of amides is 1. The van der Waals surface area contributed by atoms with Crippen LogP contribution in [-0.4, -0.2) is 30.3 Å². The minimum absolute atomic E-state index is 0.363. The summed E-state index contributed by atoms with van der Waals surface area (Å²) >= 11 is 2.76. The maximum absolute atomic E-state index is 11.8. The van der Waals surface area contributed by atoms with E-state index in [1.807, 2.05) is 13.0 Å². The molecule has 0 bridgehead atoms. The van der Waals surface area contributed by atoms with E-state index in [0.717, 1.165) is 14.4 Å². The monoisotopic (exact) mass is 310 g/mol. The first-order valence-electron chi connectivity index (χ1n) is 5.15. The van der Waals surface area contributed by atoms with E-state index in [9.17, 15) is 18.0 Å². The van der Waals surface area contributed by atoms with Gasteiger partial charge in [-0.05, 0) is 13.0 Å². The Labute approximate surface area is 114 Å². The van der Waals surface area contributed by atoms with Crippen LogP contribution in [0.1, 0.15) is 4.88 Å². The summed E-state index contributed by atoms with van der Waals surface area (Å²) in [5.74, 6) is -0.651. The van der Waals surface area contributed by atoms with Gasteiger partial charge in [-0.25, -0.2) is 4.98 Å². The molecule has 104 valence electrons. The third-order valence-electron chi connectivity index (χ3n) is 1.96. The molecule has 1 N–H and O–H groups in total. The largest absolute Gasteiger partial charge is 0.411 e.